The molecule has 5 aromatic rings. The van der Waals surface area contributed by atoms with Crippen LogP contribution in [0, 0.1) is 0 Å². The first kappa shape index (κ1) is 24.0. The van der Waals surface area contributed by atoms with Crippen molar-refractivity contribution in [3.8, 4) is 62.6 Å². The summed E-state index contributed by atoms with van der Waals surface area (Å²) in [6, 6.07) is 32.2. The molecule has 0 N–H and O–H groups in total. The summed E-state index contributed by atoms with van der Waals surface area (Å²) >= 11 is 0. The molecular formula is C31H28N2O4. The fraction of sp³-hybridized carbons (Fsp3) is 0.129. The average Bonchev–Trinajstić information content (AvgIpc) is 3.38. The van der Waals surface area contributed by atoms with Crippen LogP contribution in [-0.4, -0.2) is 38.0 Å². The zero-order valence-electron chi connectivity index (χ0n) is 21.3. The van der Waals surface area contributed by atoms with Gasteiger partial charge in [0.1, 0.15) is 5.82 Å². The fourth-order valence-corrected chi connectivity index (χ4v) is 4.46. The van der Waals surface area contributed by atoms with Crippen molar-refractivity contribution in [2.24, 2.45) is 0 Å². The van der Waals surface area contributed by atoms with Crippen LogP contribution in [-0.2, 0) is 0 Å². The van der Waals surface area contributed by atoms with E-state index in [0.717, 1.165) is 39.6 Å². The van der Waals surface area contributed by atoms with Crippen molar-refractivity contribution < 1.29 is 18.9 Å². The summed E-state index contributed by atoms with van der Waals surface area (Å²) < 4.78 is 24.4. The van der Waals surface area contributed by atoms with Crippen molar-refractivity contribution in [2.45, 2.75) is 0 Å². The molecule has 0 unspecified atom stereocenters. The van der Waals surface area contributed by atoms with Crippen molar-refractivity contribution in [3.63, 3.8) is 0 Å². The summed E-state index contributed by atoms with van der Waals surface area (Å²) in [7, 11) is 6.54. The van der Waals surface area contributed by atoms with E-state index >= 15 is 0 Å². The number of methoxy groups -OCH3 is 4. The molecule has 0 atom stereocenters. The second-order valence-corrected chi connectivity index (χ2v) is 8.31. The third-order valence-corrected chi connectivity index (χ3v) is 6.24. The lowest BCUT2D eigenvalue weighted by Gasteiger charge is -2.16. The number of imidazole rings is 1. The zero-order chi connectivity index (χ0) is 25.8. The highest BCUT2D eigenvalue weighted by Crippen LogP contribution is 2.42. The molecule has 6 nitrogen and oxygen atoms in total. The number of aromatic nitrogens is 2. The normalized spacial score (nSPS) is 10.7. The average molecular weight is 493 g/mol. The van der Waals surface area contributed by atoms with Gasteiger partial charge in [-0.25, -0.2) is 4.98 Å². The van der Waals surface area contributed by atoms with Gasteiger partial charge in [-0.2, -0.15) is 0 Å². The molecule has 1 aromatic heterocycles. The summed E-state index contributed by atoms with van der Waals surface area (Å²) in [5.74, 6) is 3.40. The minimum absolute atomic E-state index is 0.638. The Kier molecular flexibility index (Phi) is 6.81. The summed E-state index contributed by atoms with van der Waals surface area (Å²) in [6.45, 7) is 0. The van der Waals surface area contributed by atoms with E-state index in [-0.39, 0.29) is 0 Å². The van der Waals surface area contributed by atoms with Gasteiger partial charge in [0.15, 0.2) is 23.0 Å². The van der Waals surface area contributed by atoms with E-state index in [1.807, 2.05) is 72.8 Å². The van der Waals surface area contributed by atoms with Gasteiger partial charge in [0.05, 0.1) is 45.5 Å². The highest BCUT2D eigenvalue weighted by molar-refractivity contribution is 5.85. The molecule has 0 saturated heterocycles. The summed E-state index contributed by atoms with van der Waals surface area (Å²) in [5, 5.41) is 0. The third kappa shape index (κ3) is 4.49. The molecule has 0 aliphatic heterocycles. The Labute approximate surface area is 216 Å². The van der Waals surface area contributed by atoms with Crippen molar-refractivity contribution in [1.29, 1.82) is 0 Å². The smallest absolute Gasteiger partial charge is 0.162 e. The molecule has 0 bridgehead atoms. The highest BCUT2D eigenvalue weighted by Gasteiger charge is 2.24. The van der Waals surface area contributed by atoms with Gasteiger partial charge in [-0.05, 0) is 30.3 Å². The van der Waals surface area contributed by atoms with Gasteiger partial charge in [0.25, 0.3) is 0 Å². The lowest BCUT2D eigenvalue weighted by molar-refractivity contribution is 0.355. The lowest BCUT2D eigenvalue weighted by atomic mass is 10.0. The monoisotopic (exact) mass is 492 g/mol. The Bertz CT molecular complexity index is 1510. The lowest BCUT2D eigenvalue weighted by Crippen LogP contribution is -2.02. The fourth-order valence-electron chi connectivity index (χ4n) is 4.46. The molecule has 5 rings (SSSR count). The van der Waals surface area contributed by atoms with Crippen molar-refractivity contribution >= 4 is 0 Å². The predicted octanol–water partition coefficient (Wildman–Crippen LogP) is 6.91. The second kappa shape index (κ2) is 10.5. The molecule has 0 spiro atoms. The van der Waals surface area contributed by atoms with Gasteiger partial charge < -0.3 is 18.9 Å². The molecule has 0 aliphatic rings. The third-order valence-electron chi connectivity index (χ3n) is 6.24. The van der Waals surface area contributed by atoms with Crippen LogP contribution < -0.4 is 18.9 Å². The number of benzene rings is 4. The quantitative estimate of drug-likeness (QED) is 0.236. The standard InChI is InChI=1S/C31H28N2O4/c1-34-25-17-15-23(19-27(25)36-3)29-30(21-11-7-5-8-12-21)33(31(32-29)22-13-9-6-10-14-22)24-16-18-26(35-2)28(20-24)37-4/h5-20H,1-4H3. The number of rotatable bonds is 8. The van der Waals surface area contributed by atoms with Gasteiger partial charge in [-0.3, -0.25) is 4.57 Å². The van der Waals surface area contributed by atoms with Crippen LogP contribution in [0.2, 0.25) is 0 Å². The summed E-state index contributed by atoms with van der Waals surface area (Å²) in [4.78, 5) is 5.23. The van der Waals surface area contributed by atoms with Crippen molar-refractivity contribution in [3.05, 3.63) is 97.1 Å². The molecule has 0 amide bonds. The van der Waals surface area contributed by atoms with Crippen molar-refractivity contribution in [2.75, 3.05) is 28.4 Å². The van der Waals surface area contributed by atoms with Gasteiger partial charge in [-0.15, -0.1) is 0 Å². The molecule has 186 valence electrons. The zero-order valence-corrected chi connectivity index (χ0v) is 21.3. The van der Waals surface area contributed by atoms with E-state index in [2.05, 4.69) is 28.8 Å². The van der Waals surface area contributed by atoms with Crippen LogP contribution in [0.1, 0.15) is 0 Å². The molecule has 37 heavy (non-hydrogen) atoms. The largest absolute Gasteiger partial charge is 0.493 e. The SMILES string of the molecule is COc1ccc(-c2nc(-c3ccccc3)n(-c3ccc(OC)c(OC)c3)c2-c2ccccc2)cc1OC. The first-order valence-corrected chi connectivity index (χ1v) is 11.9. The van der Waals surface area contributed by atoms with Crippen LogP contribution in [0.4, 0.5) is 0 Å². The summed E-state index contributed by atoms with van der Waals surface area (Å²) in [6.07, 6.45) is 0. The Hall–Kier alpha value is -4.71. The molecule has 6 heteroatoms. The van der Waals surface area contributed by atoms with Gasteiger partial charge in [0.2, 0.25) is 0 Å². The number of ether oxygens (including phenoxy) is 4. The van der Waals surface area contributed by atoms with Crippen LogP contribution >= 0.6 is 0 Å². The number of nitrogens with zero attached hydrogens (tertiary/aromatic N) is 2. The topological polar surface area (TPSA) is 54.7 Å². The minimum Gasteiger partial charge on any atom is -0.493 e. The molecule has 4 aromatic carbocycles. The molecule has 0 aliphatic carbocycles. The Morgan fingerprint density at radius 2 is 1.05 bits per heavy atom. The van der Waals surface area contributed by atoms with Gasteiger partial charge in [-0.1, -0.05) is 60.7 Å². The van der Waals surface area contributed by atoms with Gasteiger partial charge >= 0.3 is 0 Å². The molecule has 1 heterocycles. The van der Waals surface area contributed by atoms with E-state index < -0.39 is 0 Å². The first-order valence-electron chi connectivity index (χ1n) is 11.9. The predicted molar refractivity (Wildman–Crippen MR) is 146 cm³/mol. The van der Waals surface area contributed by atoms with Gasteiger partial charge in [0, 0.05) is 22.8 Å². The van der Waals surface area contributed by atoms with Crippen LogP contribution in [0.3, 0.4) is 0 Å². The number of hydrogen-bond acceptors (Lipinski definition) is 5. The Morgan fingerprint density at radius 1 is 0.514 bits per heavy atom. The second-order valence-electron chi connectivity index (χ2n) is 8.31. The van der Waals surface area contributed by atoms with Crippen LogP contribution in [0.15, 0.2) is 97.1 Å². The maximum Gasteiger partial charge on any atom is 0.162 e. The summed E-state index contributed by atoms with van der Waals surface area (Å²) in [5.41, 5.74) is 5.58. The molecule has 0 fully saturated rings. The van der Waals surface area contributed by atoms with E-state index in [1.54, 1.807) is 28.4 Å². The van der Waals surface area contributed by atoms with Crippen LogP contribution in [0.25, 0.3) is 39.6 Å². The van der Waals surface area contributed by atoms with Crippen LogP contribution in [0.5, 0.6) is 23.0 Å². The Morgan fingerprint density at radius 3 is 1.65 bits per heavy atom. The maximum absolute atomic E-state index is 5.65. The van der Waals surface area contributed by atoms with E-state index in [1.165, 1.54) is 0 Å². The highest BCUT2D eigenvalue weighted by atomic mass is 16.5. The minimum atomic E-state index is 0.638. The number of hydrogen-bond donors (Lipinski definition) is 0. The maximum atomic E-state index is 5.65. The van der Waals surface area contributed by atoms with Crippen molar-refractivity contribution in [1.82, 2.24) is 9.55 Å². The first-order chi connectivity index (χ1) is 18.2. The Balaban J connectivity index is 1.87. The van der Waals surface area contributed by atoms with E-state index in [9.17, 15) is 0 Å². The molecular weight excluding hydrogens is 464 g/mol. The van der Waals surface area contributed by atoms with E-state index in [4.69, 9.17) is 23.9 Å². The molecule has 0 radical (unpaired) electrons. The van der Waals surface area contributed by atoms with E-state index in [0.29, 0.717) is 23.0 Å². The molecule has 0 saturated carbocycles.